The summed E-state index contributed by atoms with van der Waals surface area (Å²) < 4.78 is 53.3. The normalized spacial score (nSPS) is 12.8. The summed E-state index contributed by atoms with van der Waals surface area (Å²) in [6.07, 6.45) is 0. The molecule has 32 heavy (non-hydrogen) atoms. The molecule has 1 N–H and O–H groups in total. The van der Waals surface area contributed by atoms with Crippen molar-refractivity contribution < 1.29 is 27.1 Å². The number of hydrogen-bond donors (Lipinski definition) is 1. The first-order chi connectivity index (χ1) is 15.3. The van der Waals surface area contributed by atoms with Crippen LogP contribution in [0.4, 0.5) is 15.8 Å². The Hall–Kier alpha value is -2.86. The van der Waals surface area contributed by atoms with Gasteiger partial charge in [-0.25, -0.2) is 12.8 Å². The van der Waals surface area contributed by atoms with Crippen LogP contribution in [0, 0.1) is 9.39 Å². The zero-order valence-electron chi connectivity index (χ0n) is 16.6. The third-order valence-corrected chi connectivity index (χ3v) is 7.12. The van der Waals surface area contributed by atoms with Gasteiger partial charge in [0, 0.05) is 15.3 Å². The lowest BCUT2D eigenvalue weighted by Gasteiger charge is -2.25. The lowest BCUT2D eigenvalue weighted by atomic mass is 10.3. The fourth-order valence-electron chi connectivity index (χ4n) is 3.10. The Kier molecular flexibility index (Phi) is 6.51. The molecular formula is C22H18FIN2O5S. The van der Waals surface area contributed by atoms with Crippen molar-refractivity contribution in [3.63, 3.8) is 0 Å². The van der Waals surface area contributed by atoms with Crippen LogP contribution in [-0.4, -0.2) is 34.1 Å². The van der Waals surface area contributed by atoms with Crippen LogP contribution in [0.2, 0.25) is 0 Å². The van der Waals surface area contributed by atoms with Crippen molar-refractivity contribution in [1.29, 1.82) is 0 Å². The molecule has 1 aliphatic heterocycles. The fraction of sp³-hybridized carbons (Fsp3) is 0.136. The first-order valence-corrected chi connectivity index (χ1v) is 12.1. The Bertz CT molecular complexity index is 1230. The van der Waals surface area contributed by atoms with Crippen LogP contribution < -0.4 is 19.1 Å². The summed E-state index contributed by atoms with van der Waals surface area (Å²) in [5.74, 6) is -0.315. The van der Waals surface area contributed by atoms with E-state index in [0.29, 0.717) is 30.4 Å². The van der Waals surface area contributed by atoms with Crippen LogP contribution in [-0.2, 0) is 14.8 Å². The maximum Gasteiger partial charge on any atom is 0.264 e. The van der Waals surface area contributed by atoms with E-state index in [9.17, 15) is 17.6 Å². The minimum atomic E-state index is -4.18. The van der Waals surface area contributed by atoms with E-state index < -0.39 is 28.3 Å². The lowest BCUT2D eigenvalue weighted by Crippen LogP contribution is -2.38. The molecule has 1 heterocycles. The summed E-state index contributed by atoms with van der Waals surface area (Å²) in [4.78, 5) is 12.6. The highest BCUT2D eigenvalue weighted by atomic mass is 127. The molecule has 1 aliphatic rings. The highest BCUT2D eigenvalue weighted by Gasteiger charge is 2.29. The number of benzene rings is 3. The van der Waals surface area contributed by atoms with Gasteiger partial charge < -0.3 is 14.8 Å². The molecule has 1 amide bonds. The van der Waals surface area contributed by atoms with Gasteiger partial charge in [-0.05, 0) is 83.3 Å². The molecule has 4 rings (SSSR count). The smallest absolute Gasteiger partial charge is 0.264 e. The number of rotatable bonds is 6. The number of halogens is 2. The Labute approximate surface area is 198 Å². The van der Waals surface area contributed by atoms with Crippen LogP contribution in [0.3, 0.4) is 0 Å². The molecule has 0 spiro atoms. The molecule has 7 nitrogen and oxygen atoms in total. The zero-order valence-corrected chi connectivity index (χ0v) is 19.6. The predicted octanol–water partition coefficient (Wildman–Crippen LogP) is 4.04. The Morgan fingerprint density at radius 3 is 2.31 bits per heavy atom. The highest BCUT2D eigenvalue weighted by molar-refractivity contribution is 14.1. The number of carbonyl (C=O) groups is 1. The summed E-state index contributed by atoms with van der Waals surface area (Å²) in [5, 5.41) is 2.69. The van der Waals surface area contributed by atoms with E-state index >= 15 is 0 Å². The minimum absolute atomic E-state index is 0.0758. The van der Waals surface area contributed by atoms with Crippen LogP contribution in [0.15, 0.2) is 71.6 Å². The van der Waals surface area contributed by atoms with Crippen molar-refractivity contribution in [3.8, 4) is 11.5 Å². The second kappa shape index (κ2) is 9.33. The van der Waals surface area contributed by atoms with E-state index in [2.05, 4.69) is 27.9 Å². The molecule has 0 saturated carbocycles. The van der Waals surface area contributed by atoms with Gasteiger partial charge in [0.2, 0.25) is 5.91 Å². The molecule has 0 aliphatic carbocycles. The molecule has 3 aromatic carbocycles. The number of nitrogens with zero attached hydrogens (tertiary/aromatic N) is 1. The topological polar surface area (TPSA) is 84.9 Å². The average Bonchev–Trinajstić information content (AvgIpc) is 2.79. The Morgan fingerprint density at radius 2 is 1.62 bits per heavy atom. The largest absolute Gasteiger partial charge is 0.486 e. The molecule has 0 unspecified atom stereocenters. The van der Waals surface area contributed by atoms with Gasteiger partial charge in [-0.15, -0.1) is 0 Å². The fourth-order valence-corrected chi connectivity index (χ4v) is 4.89. The SMILES string of the molecule is O=C(CN(c1ccc(F)cc1)S(=O)(=O)c1ccc2c(c1)OCCO2)Nc1ccc(I)cc1. The monoisotopic (exact) mass is 568 g/mol. The molecule has 0 radical (unpaired) electrons. The maximum atomic E-state index is 13.5. The van der Waals surface area contributed by atoms with Crippen molar-refractivity contribution in [2.45, 2.75) is 4.90 Å². The first kappa shape index (κ1) is 22.3. The van der Waals surface area contributed by atoms with Crippen molar-refractivity contribution in [1.82, 2.24) is 0 Å². The van der Waals surface area contributed by atoms with Gasteiger partial charge in [0.1, 0.15) is 25.6 Å². The molecule has 0 fully saturated rings. The van der Waals surface area contributed by atoms with E-state index in [0.717, 1.165) is 20.0 Å². The Morgan fingerprint density at radius 1 is 0.969 bits per heavy atom. The third kappa shape index (κ3) is 4.96. The molecule has 3 aromatic rings. The number of amides is 1. The first-order valence-electron chi connectivity index (χ1n) is 9.56. The van der Waals surface area contributed by atoms with Gasteiger partial charge in [0.05, 0.1) is 10.6 Å². The highest BCUT2D eigenvalue weighted by Crippen LogP contribution is 2.34. The summed E-state index contributed by atoms with van der Waals surface area (Å²) in [7, 11) is -4.18. The van der Waals surface area contributed by atoms with Crippen molar-refractivity contribution in [3.05, 3.63) is 76.1 Å². The second-order valence-corrected chi connectivity index (χ2v) is 9.96. The third-order valence-electron chi connectivity index (χ3n) is 4.63. The van der Waals surface area contributed by atoms with E-state index in [1.165, 1.54) is 30.3 Å². The van der Waals surface area contributed by atoms with E-state index in [-0.39, 0.29) is 10.6 Å². The standard InChI is InChI=1S/C22H18FIN2O5S/c23-15-1-7-18(8-2-15)26(14-22(27)25-17-5-3-16(24)4-6-17)32(28,29)19-9-10-20-21(13-19)31-12-11-30-20/h1-10,13H,11-12,14H2,(H,25,27). The van der Waals surface area contributed by atoms with Crippen molar-refractivity contribution >= 4 is 49.9 Å². The van der Waals surface area contributed by atoms with E-state index in [1.54, 1.807) is 12.1 Å². The molecule has 10 heteroatoms. The van der Waals surface area contributed by atoms with Crippen LogP contribution in [0.5, 0.6) is 11.5 Å². The van der Waals surface area contributed by atoms with Gasteiger partial charge in [-0.1, -0.05) is 0 Å². The van der Waals surface area contributed by atoms with Crippen LogP contribution in [0.1, 0.15) is 0 Å². The second-order valence-electron chi connectivity index (χ2n) is 6.85. The van der Waals surface area contributed by atoms with Gasteiger partial charge >= 0.3 is 0 Å². The summed E-state index contributed by atoms with van der Waals surface area (Å²) in [5.41, 5.74) is 0.685. The van der Waals surface area contributed by atoms with Gasteiger partial charge in [0.25, 0.3) is 10.0 Å². The van der Waals surface area contributed by atoms with Gasteiger partial charge in [0.15, 0.2) is 11.5 Å². The molecular weight excluding hydrogens is 550 g/mol. The Balaban J connectivity index is 1.66. The number of carbonyl (C=O) groups excluding carboxylic acids is 1. The number of fused-ring (bicyclic) bond motifs is 1. The van der Waals surface area contributed by atoms with Crippen LogP contribution in [0.25, 0.3) is 0 Å². The van der Waals surface area contributed by atoms with Crippen molar-refractivity contribution in [2.75, 3.05) is 29.4 Å². The lowest BCUT2D eigenvalue weighted by molar-refractivity contribution is -0.114. The van der Waals surface area contributed by atoms with E-state index in [1.807, 2.05) is 12.1 Å². The molecule has 0 aromatic heterocycles. The molecule has 166 valence electrons. The number of nitrogens with one attached hydrogen (secondary N) is 1. The molecule has 0 bridgehead atoms. The number of sulfonamides is 1. The maximum absolute atomic E-state index is 13.5. The summed E-state index contributed by atoms with van der Waals surface area (Å²) >= 11 is 2.14. The predicted molar refractivity (Wildman–Crippen MR) is 126 cm³/mol. The summed E-state index contributed by atoms with van der Waals surface area (Å²) in [6.45, 7) is 0.171. The minimum Gasteiger partial charge on any atom is -0.486 e. The van der Waals surface area contributed by atoms with Crippen LogP contribution >= 0.6 is 22.6 Å². The van der Waals surface area contributed by atoms with Gasteiger partial charge in [-0.2, -0.15) is 0 Å². The molecule has 0 atom stereocenters. The molecule has 0 saturated heterocycles. The van der Waals surface area contributed by atoms with Gasteiger partial charge in [-0.3, -0.25) is 9.10 Å². The number of ether oxygens (including phenoxy) is 2. The summed E-state index contributed by atoms with van der Waals surface area (Å²) in [6, 6.07) is 16.2. The quantitative estimate of drug-likeness (QED) is 0.454. The zero-order chi connectivity index (χ0) is 22.7. The number of hydrogen-bond acceptors (Lipinski definition) is 5. The average molecular weight is 568 g/mol. The van der Waals surface area contributed by atoms with E-state index in [4.69, 9.17) is 9.47 Å². The van der Waals surface area contributed by atoms with Crippen molar-refractivity contribution in [2.24, 2.45) is 0 Å². The number of anilines is 2.